The molecule has 1 aromatic heterocycles. The lowest BCUT2D eigenvalue weighted by Gasteiger charge is -2.20. The highest BCUT2D eigenvalue weighted by Gasteiger charge is 2.15. The van der Waals surface area contributed by atoms with Crippen molar-refractivity contribution in [1.82, 2.24) is 14.5 Å². The van der Waals surface area contributed by atoms with Gasteiger partial charge >= 0.3 is 0 Å². The monoisotopic (exact) mass is 303 g/mol. The molecule has 0 saturated carbocycles. The number of hydrogen-bond acceptors (Lipinski definition) is 4. The normalized spacial score (nSPS) is 10.3. The van der Waals surface area contributed by atoms with Gasteiger partial charge in [0, 0.05) is 32.1 Å². The lowest BCUT2D eigenvalue weighted by Crippen LogP contribution is -2.35. The topological polar surface area (TPSA) is 56.6 Å². The summed E-state index contributed by atoms with van der Waals surface area (Å²) in [7, 11) is 3.50. The van der Waals surface area contributed by atoms with Gasteiger partial charge in [-0.1, -0.05) is 6.07 Å². The van der Waals surface area contributed by atoms with Crippen molar-refractivity contribution in [2.24, 2.45) is 7.05 Å². The number of likely N-dealkylation sites (N-methyl/N-ethyl adjacent to an activating group) is 1. The summed E-state index contributed by atoms with van der Waals surface area (Å²) in [5, 5.41) is 0. The Morgan fingerprint density at radius 2 is 2.14 bits per heavy atom. The second-order valence-corrected chi connectivity index (χ2v) is 4.83. The molecule has 0 aliphatic rings. The van der Waals surface area contributed by atoms with E-state index in [9.17, 15) is 4.79 Å². The van der Waals surface area contributed by atoms with Crippen LogP contribution in [-0.2, 0) is 18.4 Å². The van der Waals surface area contributed by atoms with Crippen molar-refractivity contribution in [2.45, 2.75) is 13.5 Å². The molecule has 0 saturated heterocycles. The molecule has 1 aromatic carbocycles. The molecule has 0 spiro atoms. The molecule has 2 aromatic rings. The van der Waals surface area contributed by atoms with Crippen molar-refractivity contribution < 1.29 is 14.3 Å². The maximum absolute atomic E-state index is 12.3. The third kappa shape index (κ3) is 4.00. The molecule has 0 aliphatic heterocycles. The maximum atomic E-state index is 12.3. The van der Waals surface area contributed by atoms with Crippen LogP contribution in [0.15, 0.2) is 36.7 Å². The van der Waals surface area contributed by atoms with Crippen LogP contribution in [0.25, 0.3) is 0 Å². The van der Waals surface area contributed by atoms with E-state index >= 15 is 0 Å². The van der Waals surface area contributed by atoms with Gasteiger partial charge in [-0.3, -0.25) is 4.79 Å². The van der Waals surface area contributed by atoms with Gasteiger partial charge in [0.15, 0.2) is 6.61 Å². The molecule has 2 rings (SSSR count). The van der Waals surface area contributed by atoms with Crippen LogP contribution in [0.4, 0.5) is 0 Å². The fraction of sp³-hybridized carbons (Fsp3) is 0.375. The zero-order valence-corrected chi connectivity index (χ0v) is 13.2. The molecule has 6 heteroatoms. The molecule has 0 radical (unpaired) electrons. The van der Waals surface area contributed by atoms with E-state index in [1.54, 1.807) is 30.3 Å². The molecule has 0 atom stereocenters. The first-order valence-electron chi connectivity index (χ1n) is 7.15. The van der Waals surface area contributed by atoms with Gasteiger partial charge < -0.3 is 18.9 Å². The molecular formula is C16H21N3O3. The Morgan fingerprint density at radius 3 is 2.77 bits per heavy atom. The highest BCUT2D eigenvalue weighted by Crippen LogP contribution is 2.18. The van der Waals surface area contributed by atoms with Gasteiger partial charge in [-0.15, -0.1) is 0 Å². The summed E-state index contributed by atoms with van der Waals surface area (Å²) in [6.45, 7) is 3.01. The quantitative estimate of drug-likeness (QED) is 0.783. The number of aromatic nitrogens is 2. The van der Waals surface area contributed by atoms with Gasteiger partial charge in [0.1, 0.15) is 17.3 Å². The summed E-state index contributed by atoms with van der Waals surface area (Å²) in [5.41, 5.74) is 0. The average molecular weight is 303 g/mol. The lowest BCUT2D eigenvalue weighted by atomic mass is 10.3. The van der Waals surface area contributed by atoms with E-state index in [-0.39, 0.29) is 12.5 Å². The van der Waals surface area contributed by atoms with Crippen LogP contribution >= 0.6 is 0 Å². The highest BCUT2D eigenvalue weighted by atomic mass is 16.5. The first-order valence-corrected chi connectivity index (χ1v) is 7.15. The minimum Gasteiger partial charge on any atom is -0.497 e. The molecule has 1 heterocycles. The molecular weight excluding hydrogens is 282 g/mol. The fourth-order valence-electron chi connectivity index (χ4n) is 2.02. The van der Waals surface area contributed by atoms with Gasteiger partial charge in [0.05, 0.1) is 13.7 Å². The largest absolute Gasteiger partial charge is 0.497 e. The molecule has 0 aliphatic carbocycles. The number of hydrogen-bond donors (Lipinski definition) is 0. The van der Waals surface area contributed by atoms with Crippen LogP contribution in [0.5, 0.6) is 11.5 Å². The number of benzene rings is 1. The number of carbonyl (C=O) groups excluding carboxylic acids is 1. The smallest absolute Gasteiger partial charge is 0.260 e. The molecule has 118 valence electrons. The number of nitrogens with zero attached hydrogens (tertiary/aromatic N) is 3. The van der Waals surface area contributed by atoms with E-state index in [1.807, 2.05) is 36.9 Å². The van der Waals surface area contributed by atoms with Crippen LogP contribution in [-0.4, -0.2) is 40.6 Å². The third-order valence-electron chi connectivity index (χ3n) is 3.39. The summed E-state index contributed by atoms with van der Waals surface area (Å²) in [4.78, 5) is 18.2. The van der Waals surface area contributed by atoms with Crippen LogP contribution < -0.4 is 9.47 Å². The predicted octanol–water partition coefficient (Wildman–Crippen LogP) is 1.86. The SMILES string of the molecule is CCN(Cc1nccn1C)C(=O)COc1cccc(OC)c1. The molecule has 1 amide bonds. The fourth-order valence-corrected chi connectivity index (χ4v) is 2.02. The van der Waals surface area contributed by atoms with Gasteiger partial charge in [-0.25, -0.2) is 4.98 Å². The number of rotatable bonds is 7. The Labute approximate surface area is 130 Å². The molecule has 22 heavy (non-hydrogen) atoms. The second-order valence-electron chi connectivity index (χ2n) is 4.83. The van der Waals surface area contributed by atoms with E-state index in [0.29, 0.717) is 24.6 Å². The van der Waals surface area contributed by atoms with Gasteiger partial charge in [-0.2, -0.15) is 0 Å². The van der Waals surface area contributed by atoms with Crippen LogP contribution in [0.1, 0.15) is 12.7 Å². The van der Waals surface area contributed by atoms with Crippen molar-refractivity contribution >= 4 is 5.91 Å². The summed E-state index contributed by atoms with van der Waals surface area (Å²) in [5.74, 6) is 2.08. The van der Waals surface area contributed by atoms with Crippen molar-refractivity contribution in [3.05, 3.63) is 42.5 Å². The van der Waals surface area contributed by atoms with Crippen molar-refractivity contribution in [3.8, 4) is 11.5 Å². The van der Waals surface area contributed by atoms with Crippen molar-refractivity contribution in [3.63, 3.8) is 0 Å². The summed E-state index contributed by atoms with van der Waals surface area (Å²) >= 11 is 0. The van der Waals surface area contributed by atoms with Crippen molar-refractivity contribution in [2.75, 3.05) is 20.3 Å². The highest BCUT2D eigenvalue weighted by molar-refractivity contribution is 5.77. The Morgan fingerprint density at radius 1 is 1.36 bits per heavy atom. The number of ether oxygens (including phenoxy) is 2. The molecule has 0 fully saturated rings. The minimum atomic E-state index is -0.0756. The van der Waals surface area contributed by atoms with Gasteiger partial charge in [0.2, 0.25) is 0 Å². The van der Waals surface area contributed by atoms with E-state index in [4.69, 9.17) is 9.47 Å². The van der Waals surface area contributed by atoms with E-state index in [0.717, 1.165) is 5.82 Å². The Bertz CT molecular complexity index is 625. The van der Waals surface area contributed by atoms with E-state index < -0.39 is 0 Å². The van der Waals surface area contributed by atoms with Crippen LogP contribution in [0.2, 0.25) is 0 Å². The number of methoxy groups -OCH3 is 1. The Kier molecular flexibility index (Phi) is 5.41. The summed E-state index contributed by atoms with van der Waals surface area (Å²) < 4.78 is 12.6. The zero-order valence-electron chi connectivity index (χ0n) is 13.2. The number of carbonyl (C=O) groups is 1. The molecule has 0 bridgehead atoms. The third-order valence-corrected chi connectivity index (χ3v) is 3.39. The maximum Gasteiger partial charge on any atom is 0.260 e. The zero-order chi connectivity index (χ0) is 15.9. The molecule has 6 nitrogen and oxygen atoms in total. The number of amides is 1. The van der Waals surface area contributed by atoms with Crippen molar-refractivity contribution in [1.29, 1.82) is 0 Å². The standard InChI is InChI=1S/C16H21N3O3/c1-4-19(11-15-17-8-9-18(15)2)16(20)12-22-14-7-5-6-13(10-14)21-3/h5-10H,4,11-12H2,1-3H3. The Balaban J connectivity index is 1.93. The first-order chi connectivity index (χ1) is 10.6. The van der Waals surface area contributed by atoms with Gasteiger partial charge in [-0.05, 0) is 19.1 Å². The molecule has 0 unspecified atom stereocenters. The average Bonchev–Trinajstić information content (AvgIpc) is 2.95. The molecule has 0 N–H and O–H groups in total. The summed E-state index contributed by atoms with van der Waals surface area (Å²) in [6, 6.07) is 7.20. The van der Waals surface area contributed by atoms with E-state index in [2.05, 4.69) is 4.98 Å². The van der Waals surface area contributed by atoms with E-state index in [1.165, 1.54) is 0 Å². The van der Waals surface area contributed by atoms with Crippen LogP contribution in [0, 0.1) is 0 Å². The number of imidazole rings is 1. The van der Waals surface area contributed by atoms with Crippen LogP contribution in [0.3, 0.4) is 0 Å². The second kappa shape index (κ2) is 7.49. The number of aryl methyl sites for hydroxylation is 1. The predicted molar refractivity (Wildman–Crippen MR) is 82.8 cm³/mol. The van der Waals surface area contributed by atoms with Gasteiger partial charge in [0.25, 0.3) is 5.91 Å². The Hall–Kier alpha value is -2.50. The first kappa shape index (κ1) is 15.9. The minimum absolute atomic E-state index is 0.00850. The summed E-state index contributed by atoms with van der Waals surface area (Å²) in [6.07, 6.45) is 3.58. The lowest BCUT2D eigenvalue weighted by molar-refractivity contribution is -0.133.